The lowest BCUT2D eigenvalue weighted by Crippen LogP contribution is -2.51. The average molecular weight is 719 g/mol. The molecule has 266 valence electrons. The normalized spacial score (nSPS) is 16.3. The molecule has 1 fully saturated rings. The second-order valence-corrected chi connectivity index (χ2v) is 16.0. The van der Waals surface area contributed by atoms with Crippen molar-refractivity contribution in [2.45, 2.75) is 69.5 Å². The van der Waals surface area contributed by atoms with Crippen molar-refractivity contribution in [1.29, 1.82) is 0 Å². The molecule has 1 aromatic heterocycles. The number of aromatic nitrogens is 1. The van der Waals surface area contributed by atoms with Gasteiger partial charge < -0.3 is 20.1 Å². The number of thiazole rings is 1. The summed E-state index contributed by atoms with van der Waals surface area (Å²) in [5.74, 6) is -0.136. The molecule has 0 spiro atoms. The summed E-state index contributed by atoms with van der Waals surface area (Å²) in [7, 11) is -2.48. The Labute approximate surface area is 299 Å². The van der Waals surface area contributed by atoms with E-state index in [0.29, 0.717) is 17.9 Å². The molecule has 0 unspecified atom stereocenters. The summed E-state index contributed by atoms with van der Waals surface area (Å²) < 4.78 is 34.1. The summed E-state index contributed by atoms with van der Waals surface area (Å²) >= 11 is 1.56. The lowest BCUT2D eigenvalue weighted by atomic mass is 9.99. The Kier molecular flexibility index (Phi) is 12.4. The first-order chi connectivity index (χ1) is 24.0. The first-order valence-electron chi connectivity index (χ1n) is 17.0. The number of nitrogens with one attached hydrogen (secondary N) is 1. The third-order valence-electron chi connectivity index (χ3n) is 8.79. The van der Waals surface area contributed by atoms with Gasteiger partial charge in [0.1, 0.15) is 10.8 Å². The quantitative estimate of drug-likeness (QED) is 0.167. The van der Waals surface area contributed by atoms with E-state index < -0.39 is 28.1 Å². The van der Waals surface area contributed by atoms with E-state index in [2.05, 4.69) is 10.3 Å². The van der Waals surface area contributed by atoms with Crippen molar-refractivity contribution in [3.05, 3.63) is 112 Å². The zero-order valence-corrected chi connectivity index (χ0v) is 30.6. The molecule has 1 aliphatic heterocycles. The number of hydrogen-bond donors (Lipinski definition) is 2. The molecule has 0 bridgehead atoms. The number of carbonyl (C=O) groups is 2. The van der Waals surface area contributed by atoms with E-state index in [1.807, 2.05) is 61.4 Å². The van der Waals surface area contributed by atoms with Gasteiger partial charge in [-0.3, -0.25) is 9.59 Å². The van der Waals surface area contributed by atoms with Crippen LogP contribution in [0.3, 0.4) is 0 Å². The number of sulfonamides is 1. The maximum Gasteiger partial charge on any atom is 0.254 e. The molecule has 5 rings (SSSR count). The van der Waals surface area contributed by atoms with Crippen LogP contribution in [0.5, 0.6) is 5.75 Å². The number of aliphatic hydroxyl groups excluding tert-OH is 1. The highest BCUT2D eigenvalue weighted by molar-refractivity contribution is 7.89. The van der Waals surface area contributed by atoms with Gasteiger partial charge in [-0.05, 0) is 86.6 Å². The van der Waals surface area contributed by atoms with Crippen LogP contribution in [-0.2, 0) is 16.4 Å². The van der Waals surface area contributed by atoms with Crippen LogP contribution in [0.1, 0.15) is 76.1 Å². The third kappa shape index (κ3) is 9.16. The zero-order chi connectivity index (χ0) is 35.8. The molecule has 0 saturated carbocycles. The molecule has 3 atom stereocenters. The summed E-state index contributed by atoms with van der Waals surface area (Å²) in [4.78, 5) is 34.3. The molecule has 3 aromatic carbocycles. The Balaban J connectivity index is 1.38. The lowest BCUT2D eigenvalue weighted by molar-refractivity contribution is 0.0611. The second-order valence-electron chi connectivity index (χ2n) is 13.1. The zero-order valence-electron chi connectivity index (χ0n) is 29.0. The molecule has 2 N–H and O–H groups in total. The molecular formula is C38H46N4O6S2. The van der Waals surface area contributed by atoms with Crippen LogP contribution in [0, 0.1) is 12.8 Å². The molecule has 1 aliphatic rings. The Bertz CT molecular complexity index is 1850. The van der Waals surface area contributed by atoms with Crippen LogP contribution in [0.4, 0.5) is 0 Å². The Morgan fingerprint density at radius 3 is 2.40 bits per heavy atom. The van der Waals surface area contributed by atoms with Gasteiger partial charge in [0.15, 0.2) is 0 Å². The number of ether oxygens (including phenoxy) is 1. The third-order valence-corrected chi connectivity index (χ3v) is 11.7. The number of benzene rings is 3. The van der Waals surface area contributed by atoms with Crippen LogP contribution in [0.25, 0.3) is 0 Å². The van der Waals surface area contributed by atoms with Crippen molar-refractivity contribution >= 4 is 33.2 Å². The van der Waals surface area contributed by atoms with Gasteiger partial charge in [0, 0.05) is 41.8 Å². The monoisotopic (exact) mass is 718 g/mol. The van der Waals surface area contributed by atoms with Crippen LogP contribution in [0.15, 0.2) is 89.1 Å². The van der Waals surface area contributed by atoms with Crippen molar-refractivity contribution in [3.63, 3.8) is 0 Å². The number of nitrogens with zero attached hydrogens (tertiary/aromatic N) is 3. The first-order valence-corrected chi connectivity index (χ1v) is 19.3. The highest BCUT2D eigenvalue weighted by atomic mass is 32.2. The Morgan fingerprint density at radius 2 is 1.74 bits per heavy atom. The smallest absolute Gasteiger partial charge is 0.254 e. The number of piperidine rings is 1. The SMILES string of the molecule is COc1ccc(S(=O)(=O)N(CC(C)C)C[C@@H](O)[C@H](Cc2ccccc2)NC(=O)c2cccc(C(=O)N3CCCC[C@@H]3c3nc(C)cs3)c2)cc1. The van der Waals surface area contributed by atoms with Gasteiger partial charge >= 0.3 is 0 Å². The summed E-state index contributed by atoms with van der Waals surface area (Å²) in [5, 5.41) is 17.6. The van der Waals surface area contributed by atoms with Crippen molar-refractivity contribution in [1.82, 2.24) is 19.5 Å². The minimum Gasteiger partial charge on any atom is -0.497 e. The van der Waals surface area contributed by atoms with Crippen molar-refractivity contribution in [2.24, 2.45) is 5.92 Å². The largest absolute Gasteiger partial charge is 0.497 e. The highest BCUT2D eigenvalue weighted by Gasteiger charge is 2.33. The number of carbonyl (C=O) groups excluding carboxylic acids is 2. The number of aryl methyl sites for hydroxylation is 1. The van der Waals surface area contributed by atoms with E-state index in [0.717, 1.165) is 35.5 Å². The summed E-state index contributed by atoms with van der Waals surface area (Å²) in [6, 6.07) is 21.2. The van der Waals surface area contributed by atoms with E-state index in [1.165, 1.54) is 23.5 Å². The van der Waals surface area contributed by atoms with Crippen LogP contribution >= 0.6 is 11.3 Å². The minimum atomic E-state index is -3.99. The molecular weight excluding hydrogens is 673 g/mol. The average Bonchev–Trinajstić information content (AvgIpc) is 3.56. The molecule has 0 radical (unpaired) electrons. The maximum atomic E-state index is 13.9. The highest BCUT2D eigenvalue weighted by Crippen LogP contribution is 2.34. The molecule has 2 heterocycles. The first kappa shape index (κ1) is 37.2. The fourth-order valence-electron chi connectivity index (χ4n) is 6.23. The summed E-state index contributed by atoms with van der Waals surface area (Å²) in [6.07, 6.45) is 1.74. The molecule has 12 heteroatoms. The second kappa shape index (κ2) is 16.7. The number of rotatable bonds is 14. The predicted octanol–water partition coefficient (Wildman–Crippen LogP) is 5.88. The van der Waals surface area contributed by atoms with E-state index in [-0.39, 0.29) is 47.8 Å². The van der Waals surface area contributed by atoms with Gasteiger partial charge in [-0.2, -0.15) is 4.31 Å². The van der Waals surface area contributed by atoms with Crippen molar-refractivity contribution in [3.8, 4) is 5.75 Å². The minimum absolute atomic E-state index is 0.0308. The molecule has 2 amide bonds. The molecule has 10 nitrogen and oxygen atoms in total. The van der Waals surface area contributed by atoms with Crippen LogP contribution in [-0.4, -0.2) is 78.4 Å². The fraction of sp³-hybridized carbons (Fsp3) is 0.395. The van der Waals surface area contributed by atoms with E-state index in [9.17, 15) is 23.1 Å². The number of aliphatic hydroxyl groups is 1. The van der Waals surface area contributed by atoms with Crippen LogP contribution in [0.2, 0.25) is 0 Å². The van der Waals surface area contributed by atoms with Gasteiger partial charge in [-0.25, -0.2) is 13.4 Å². The van der Waals surface area contributed by atoms with Gasteiger partial charge in [-0.15, -0.1) is 11.3 Å². The number of hydrogen-bond acceptors (Lipinski definition) is 8. The van der Waals surface area contributed by atoms with Gasteiger partial charge in [-0.1, -0.05) is 50.2 Å². The summed E-state index contributed by atoms with van der Waals surface area (Å²) in [5.41, 5.74) is 2.46. The van der Waals surface area contributed by atoms with Crippen LogP contribution < -0.4 is 10.1 Å². The van der Waals surface area contributed by atoms with Gasteiger partial charge in [0.25, 0.3) is 11.8 Å². The molecule has 4 aromatic rings. The predicted molar refractivity (Wildman–Crippen MR) is 195 cm³/mol. The number of amides is 2. The standard InChI is InChI=1S/C38H46N4O6S2/c1-26(2)23-41(50(46,47)32-18-16-31(48-4)17-19-32)24-35(43)33(21-28-11-6-5-7-12-28)40-36(44)29-13-10-14-30(22-29)38(45)42-20-9-8-15-34(42)37-39-27(3)25-49-37/h5-7,10-14,16-19,22,25-26,33-35,43H,8-9,15,20-21,23-24H2,1-4H3,(H,40,44)/t33-,34+,35+/m0/s1. The molecule has 1 saturated heterocycles. The van der Waals surface area contributed by atoms with Gasteiger partial charge in [0.2, 0.25) is 10.0 Å². The Hall–Kier alpha value is -4.10. The topological polar surface area (TPSA) is 129 Å². The van der Waals surface area contributed by atoms with Crippen molar-refractivity contribution < 1.29 is 27.9 Å². The molecule has 50 heavy (non-hydrogen) atoms. The maximum absolute atomic E-state index is 13.9. The van der Waals surface area contributed by atoms with Crippen molar-refractivity contribution in [2.75, 3.05) is 26.7 Å². The van der Waals surface area contributed by atoms with E-state index in [4.69, 9.17) is 4.74 Å². The van der Waals surface area contributed by atoms with Gasteiger partial charge in [0.05, 0.1) is 30.2 Å². The number of methoxy groups -OCH3 is 1. The van der Waals surface area contributed by atoms with E-state index in [1.54, 1.807) is 47.7 Å². The fourth-order valence-corrected chi connectivity index (χ4v) is 8.79. The Morgan fingerprint density at radius 1 is 1.02 bits per heavy atom. The molecule has 0 aliphatic carbocycles. The van der Waals surface area contributed by atoms with E-state index >= 15 is 0 Å². The number of likely N-dealkylation sites (tertiary alicyclic amines) is 1. The lowest BCUT2D eigenvalue weighted by Gasteiger charge is -2.34. The summed E-state index contributed by atoms with van der Waals surface area (Å²) in [6.45, 7) is 6.29.